The summed E-state index contributed by atoms with van der Waals surface area (Å²) in [7, 11) is 0. The number of likely N-dealkylation sites (tertiary alicyclic amines) is 1. The van der Waals surface area contributed by atoms with Crippen LogP contribution in [0, 0.1) is 0 Å². The number of anilines is 1. The quantitative estimate of drug-likeness (QED) is 0.506. The summed E-state index contributed by atoms with van der Waals surface area (Å²) in [5.41, 5.74) is 2.53. The number of hydrogen-bond acceptors (Lipinski definition) is 4. The first kappa shape index (κ1) is 21.6. The summed E-state index contributed by atoms with van der Waals surface area (Å²) in [5.74, 6) is 1.98. The van der Waals surface area contributed by atoms with Crippen LogP contribution in [0.15, 0.2) is 53.7 Å². The Kier molecular flexibility index (Phi) is 7.77. The van der Waals surface area contributed by atoms with Crippen molar-refractivity contribution in [2.45, 2.75) is 51.7 Å². The number of rotatable bonds is 8. The van der Waals surface area contributed by atoms with Crippen molar-refractivity contribution in [3.63, 3.8) is 0 Å². The minimum Gasteiger partial charge on any atom is -0.357 e. The van der Waals surface area contributed by atoms with Crippen molar-refractivity contribution in [3.8, 4) is 0 Å². The average molecular weight is 421 g/mol. The first-order chi connectivity index (χ1) is 15.3. The van der Waals surface area contributed by atoms with Crippen LogP contribution >= 0.6 is 0 Å². The molecular formula is C25H36N6. The van der Waals surface area contributed by atoms with Crippen LogP contribution in [0.2, 0.25) is 0 Å². The number of hydrogen-bond donors (Lipinski definition) is 2. The van der Waals surface area contributed by atoms with Crippen LogP contribution in [0.5, 0.6) is 0 Å². The van der Waals surface area contributed by atoms with Crippen LogP contribution in [0.1, 0.15) is 43.7 Å². The minimum atomic E-state index is 0.547. The second-order valence-corrected chi connectivity index (χ2v) is 8.55. The van der Waals surface area contributed by atoms with Gasteiger partial charge in [0, 0.05) is 45.0 Å². The van der Waals surface area contributed by atoms with Crippen LogP contribution in [-0.4, -0.2) is 54.6 Å². The van der Waals surface area contributed by atoms with Crippen molar-refractivity contribution >= 4 is 11.8 Å². The Morgan fingerprint density at radius 1 is 1.00 bits per heavy atom. The van der Waals surface area contributed by atoms with E-state index in [9.17, 15) is 0 Å². The molecule has 4 rings (SSSR count). The number of nitrogens with zero attached hydrogens (tertiary/aromatic N) is 4. The predicted octanol–water partition coefficient (Wildman–Crippen LogP) is 3.40. The zero-order valence-electron chi connectivity index (χ0n) is 18.8. The van der Waals surface area contributed by atoms with Crippen LogP contribution in [-0.2, 0) is 13.1 Å². The van der Waals surface area contributed by atoms with Crippen LogP contribution in [0.25, 0.3) is 0 Å². The molecule has 2 saturated heterocycles. The molecular weight excluding hydrogens is 384 g/mol. The van der Waals surface area contributed by atoms with Crippen molar-refractivity contribution in [3.05, 3.63) is 59.8 Å². The largest absolute Gasteiger partial charge is 0.357 e. The minimum absolute atomic E-state index is 0.547. The molecule has 3 heterocycles. The predicted molar refractivity (Wildman–Crippen MR) is 128 cm³/mol. The molecule has 2 fully saturated rings. The second kappa shape index (κ2) is 11.1. The molecule has 31 heavy (non-hydrogen) atoms. The van der Waals surface area contributed by atoms with Gasteiger partial charge in [0.2, 0.25) is 0 Å². The van der Waals surface area contributed by atoms with E-state index in [2.05, 4.69) is 74.8 Å². The van der Waals surface area contributed by atoms with Gasteiger partial charge in [-0.15, -0.1) is 0 Å². The highest BCUT2D eigenvalue weighted by atomic mass is 15.2. The van der Waals surface area contributed by atoms with E-state index in [1.165, 1.54) is 37.8 Å². The number of aromatic nitrogens is 1. The Bertz CT molecular complexity index is 814. The van der Waals surface area contributed by atoms with Crippen LogP contribution in [0.3, 0.4) is 0 Å². The van der Waals surface area contributed by atoms with Gasteiger partial charge in [0.25, 0.3) is 0 Å². The van der Waals surface area contributed by atoms with E-state index in [4.69, 9.17) is 4.99 Å². The molecule has 1 unspecified atom stereocenters. The third-order valence-electron chi connectivity index (χ3n) is 6.24. The smallest absolute Gasteiger partial charge is 0.191 e. The zero-order valence-corrected chi connectivity index (χ0v) is 18.8. The molecule has 1 aromatic heterocycles. The van der Waals surface area contributed by atoms with E-state index in [0.717, 1.165) is 50.1 Å². The normalized spacial score (nSPS) is 19.7. The van der Waals surface area contributed by atoms with Gasteiger partial charge < -0.3 is 15.5 Å². The monoisotopic (exact) mass is 420 g/mol. The lowest BCUT2D eigenvalue weighted by Gasteiger charge is -2.25. The Morgan fingerprint density at radius 3 is 2.58 bits per heavy atom. The highest BCUT2D eigenvalue weighted by Gasteiger charge is 2.24. The molecule has 0 aliphatic carbocycles. The lowest BCUT2D eigenvalue weighted by Crippen LogP contribution is -2.44. The molecule has 166 valence electrons. The van der Waals surface area contributed by atoms with Gasteiger partial charge in [-0.3, -0.25) is 4.90 Å². The van der Waals surface area contributed by atoms with E-state index in [0.29, 0.717) is 12.6 Å². The second-order valence-electron chi connectivity index (χ2n) is 8.55. The van der Waals surface area contributed by atoms with Gasteiger partial charge in [0.1, 0.15) is 5.82 Å². The first-order valence-corrected chi connectivity index (χ1v) is 11.8. The van der Waals surface area contributed by atoms with Crippen molar-refractivity contribution in [1.82, 2.24) is 20.5 Å². The Morgan fingerprint density at radius 2 is 1.84 bits per heavy atom. The third kappa shape index (κ3) is 6.20. The fourth-order valence-corrected chi connectivity index (χ4v) is 4.52. The molecule has 1 atom stereocenters. The van der Waals surface area contributed by atoms with Gasteiger partial charge >= 0.3 is 0 Å². The number of nitrogens with one attached hydrogen (secondary N) is 2. The molecule has 6 nitrogen and oxygen atoms in total. The molecule has 0 radical (unpaired) electrons. The molecule has 6 heteroatoms. The maximum Gasteiger partial charge on any atom is 0.191 e. The van der Waals surface area contributed by atoms with Gasteiger partial charge in [-0.05, 0) is 56.3 Å². The van der Waals surface area contributed by atoms with Crippen LogP contribution < -0.4 is 15.5 Å². The molecule has 0 spiro atoms. The molecule has 0 bridgehead atoms. The van der Waals surface area contributed by atoms with E-state index in [1.807, 2.05) is 6.20 Å². The molecule has 2 aromatic rings. The summed E-state index contributed by atoms with van der Waals surface area (Å²) in [5, 5.41) is 6.96. The maximum absolute atomic E-state index is 4.80. The number of aliphatic imine (C=N–C) groups is 1. The summed E-state index contributed by atoms with van der Waals surface area (Å²) in [6.07, 6.45) is 7.02. The van der Waals surface area contributed by atoms with E-state index in [1.54, 1.807) is 0 Å². The number of pyridine rings is 1. The third-order valence-corrected chi connectivity index (χ3v) is 6.24. The summed E-state index contributed by atoms with van der Waals surface area (Å²) < 4.78 is 0. The fraction of sp³-hybridized carbons (Fsp3) is 0.520. The van der Waals surface area contributed by atoms with Crippen molar-refractivity contribution in [2.24, 2.45) is 4.99 Å². The van der Waals surface area contributed by atoms with E-state index >= 15 is 0 Å². The molecule has 2 aliphatic rings. The van der Waals surface area contributed by atoms with Crippen molar-refractivity contribution in [1.29, 1.82) is 0 Å². The van der Waals surface area contributed by atoms with Crippen molar-refractivity contribution < 1.29 is 0 Å². The number of guanidine groups is 1. The molecule has 2 aliphatic heterocycles. The summed E-state index contributed by atoms with van der Waals surface area (Å²) in [6.45, 7) is 8.98. The number of benzene rings is 1. The zero-order chi connectivity index (χ0) is 21.3. The summed E-state index contributed by atoms with van der Waals surface area (Å²) >= 11 is 0. The Hall–Kier alpha value is -2.60. The SMILES string of the molecule is CCNC(=NCc1ccc(N2CCCC2)nc1)NCC1CCCN1Cc1ccccc1. The van der Waals surface area contributed by atoms with Gasteiger partial charge in [0.15, 0.2) is 5.96 Å². The topological polar surface area (TPSA) is 55.8 Å². The maximum atomic E-state index is 4.80. The lowest BCUT2D eigenvalue weighted by atomic mass is 10.2. The van der Waals surface area contributed by atoms with Gasteiger partial charge in [-0.1, -0.05) is 36.4 Å². The average Bonchev–Trinajstić information content (AvgIpc) is 3.49. The van der Waals surface area contributed by atoms with Gasteiger partial charge in [-0.25, -0.2) is 9.98 Å². The fourth-order valence-electron chi connectivity index (χ4n) is 4.52. The molecule has 1 aromatic carbocycles. The molecule has 0 amide bonds. The standard InChI is InChI=1S/C25H36N6/c1-2-26-25(28-18-22-12-13-24(27-17-22)30-14-6-7-15-30)29-19-23-11-8-16-31(23)20-21-9-4-3-5-10-21/h3-5,9-10,12-13,17,23H,2,6-8,11,14-16,18-20H2,1H3,(H2,26,28,29). The Labute approximate surface area is 186 Å². The van der Waals surface area contributed by atoms with Gasteiger partial charge in [-0.2, -0.15) is 0 Å². The Balaban J connectivity index is 1.30. The summed E-state index contributed by atoms with van der Waals surface area (Å²) in [6, 6.07) is 15.6. The highest BCUT2D eigenvalue weighted by molar-refractivity contribution is 5.79. The van der Waals surface area contributed by atoms with Gasteiger partial charge in [0.05, 0.1) is 6.54 Å². The first-order valence-electron chi connectivity index (χ1n) is 11.8. The molecule has 2 N–H and O–H groups in total. The lowest BCUT2D eigenvalue weighted by molar-refractivity contribution is 0.245. The van der Waals surface area contributed by atoms with Crippen LogP contribution in [0.4, 0.5) is 5.82 Å². The molecule has 0 saturated carbocycles. The summed E-state index contributed by atoms with van der Waals surface area (Å²) in [4.78, 5) is 14.4. The van der Waals surface area contributed by atoms with E-state index < -0.39 is 0 Å². The van der Waals surface area contributed by atoms with Crippen molar-refractivity contribution in [2.75, 3.05) is 37.6 Å². The van der Waals surface area contributed by atoms with E-state index in [-0.39, 0.29) is 0 Å². The highest BCUT2D eigenvalue weighted by Crippen LogP contribution is 2.20.